The molecule has 0 fully saturated rings. The molecule has 3 nitrogen and oxygen atoms in total. The Bertz CT molecular complexity index is 310. The van der Waals surface area contributed by atoms with E-state index in [2.05, 4.69) is 11.9 Å². The van der Waals surface area contributed by atoms with E-state index in [4.69, 9.17) is 5.73 Å². The molecule has 76 valence electrons. The molecule has 1 heterocycles. The molecule has 3 heteroatoms. The maximum atomic E-state index is 10.9. The molecule has 0 spiro atoms. The third-order valence-electron chi connectivity index (χ3n) is 2.14. The van der Waals surface area contributed by atoms with Gasteiger partial charge in [-0.05, 0) is 25.0 Å². The summed E-state index contributed by atoms with van der Waals surface area (Å²) in [5.41, 5.74) is 6.67. The fourth-order valence-corrected chi connectivity index (χ4v) is 1.32. The van der Waals surface area contributed by atoms with E-state index in [1.165, 1.54) is 12.8 Å². The second-order valence-corrected chi connectivity index (χ2v) is 3.36. The van der Waals surface area contributed by atoms with E-state index >= 15 is 0 Å². The van der Waals surface area contributed by atoms with Crippen LogP contribution in [0.15, 0.2) is 18.3 Å². The molecule has 0 aliphatic carbocycles. The van der Waals surface area contributed by atoms with Crippen LogP contribution in [0.4, 0.5) is 0 Å². The molecule has 0 aliphatic rings. The average Bonchev–Trinajstić information content (AvgIpc) is 2.19. The molecule has 0 atom stereocenters. The summed E-state index contributed by atoms with van der Waals surface area (Å²) in [4.78, 5) is 15.1. The minimum Gasteiger partial charge on any atom is -0.366 e. The van der Waals surface area contributed by atoms with Gasteiger partial charge in [0.15, 0.2) is 0 Å². The van der Waals surface area contributed by atoms with Crippen molar-refractivity contribution in [1.29, 1.82) is 0 Å². The molecule has 0 saturated heterocycles. The fraction of sp³-hybridized carbons (Fsp3) is 0.455. The Labute approximate surface area is 84.3 Å². The van der Waals surface area contributed by atoms with E-state index in [1.807, 2.05) is 0 Å². The third kappa shape index (κ3) is 3.17. The Morgan fingerprint density at radius 2 is 2.29 bits per heavy atom. The third-order valence-corrected chi connectivity index (χ3v) is 2.14. The molecule has 0 radical (unpaired) electrons. The van der Waals surface area contributed by atoms with Gasteiger partial charge in [-0.2, -0.15) is 0 Å². The van der Waals surface area contributed by atoms with Crippen molar-refractivity contribution in [2.24, 2.45) is 5.73 Å². The number of nitrogens with two attached hydrogens (primary N) is 1. The number of aromatic nitrogens is 1. The molecule has 1 amide bonds. The number of carbonyl (C=O) groups is 1. The van der Waals surface area contributed by atoms with Crippen molar-refractivity contribution < 1.29 is 4.79 Å². The first kappa shape index (κ1) is 10.7. The lowest BCUT2D eigenvalue weighted by Crippen LogP contribution is -2.11. The van der Waals surface area contributed by atoms with Gasteiger partial charge in [0.05, 0.1) is 0 Å². The first-order valence-electron chi connectivity index (χ1n) is 4.98. The van der Waals surface area contributed by atoms with Crippen molar-refractivity contribution in [3.8, 4) is 0 Å². The van der Waals surface area contributed by atoms with Crippen LogP contribution in [0, 0.1) is 0 Å². The number of hydrogen-bond acceptors (Lipinski definition) is 2. The zero-order valence-electron chi connectivity index (χ0n) is 8.49. The first-order valence-corrected chi connectivity index (χ1v) is 4.98. The van der Waals surface area contributed by atoms with E-state index in [0.717, 1.165) is 18.5 Å². The molecule has 0 aromatic carbocycles. The summed E-state index contributed by atoms with van der Waals surface area (Å²) in [6.45, 7) is 2.16. The number of nitrogens with zero attached hydrogens (tertiary/aromatic N) is 1. The van der Waals surface area contributed by atoms with Crippen LogP contribution in [0.1, 0.15) is 42.2 Å². The van der Waals surface area contributed by atoms with Crippen molar-refractivity contribution in [2.45, 2.75) is 32.6 Å². The monoisotopic (exact) mass is 192 g/mol. The highest BCUT2D eigenvalue weighted by atomic mass is 16.1. The molecule has 0 unspecified atom stereocenters. The largest absolute Gasteiger partial charge is 0.366 e. The minimum absolute atomic E-state index is 0.385. The Morgan fingerprint density at radius 1 is 1.50 bits per heavy atom. The smallest absolute Gasteiger partial charge is 0.248 e. The topological polar surface area (TPSA) is 56.0 Å². The number of amides is 1. The number of aryl methyl sites for hydroxylation is 1. The van der Waals surface area contributed by atoms with Gasteiger partial charge in [0.25, 0.3) is 0 Å². The van der Waals surface area contributed by atoms with Crippen molar-refractivity contribution in [3.05, 3.63) is 29.6 Å². The van der Waals surface area contributed by atoms with Gasteiger partial charge in [0, 0.05) is 17.5 Å². The van der Waals surface area contributed by atoms with Crippen LogP contribution in [0.3, 0.4) is 0 Å². The summed E-state index contributed by atoms with van der Waals surface area (Å²) in [5, 5.41) is 0. The van der Waals surface area contributed by atoms with Crippen molar-refractivity contribution in [1.82, 2.24) is 4.98 Å². The van der Waals surface area contributed by atoms with Crippen molar-refractivity contribution in [2.75, 3.05) is 0 Å². The summed E-state index contributed by atoms with van der Waals surface area (Å²) < 4.78 is 0. The second-order valence-electron chi connectivity index (χ2n) is 3.36. The average molecular weight is 192 g/mol. The van der Waals surface area contributed by atoms with E-state index in [-0.39, 0.29) is 5.91 Å². The van der Waals surface area contributed by atoms with Gasteiger partial charge in [-0.15, -0.1) is 0 Å². The van der Waals surface area contributed by atoms with E-state index in [1.54, 1.807) is 18.3 Å². The Hall–Kier alpha value is -1.38. The van der Waals surface area contributed by atoms with Crippen LogP contribution >= 0.6 is 0 Å². The Morgan fingerprint density at radius 3 is 2.93 bits per heavy atom. The zero-order chi connectivity index (χ0) is 10.4. The van der Waals surface area contributed by atoms with Gasteiger partial charge >= 0.3 is 0 Å². The maximum absolute atomic E-state index is 10.9. The molecule has 2 N–H and O–H groups in total. The lowest BCUT2D eigenvalue weighted by Gasteiger charge is -2.01. The van der Waals surface area contributed by atoms with Gasteiger partial charge in [-0.3, -0.25) is 9.78 Å². The van der Waals surface area contributed by atoms with E-state index in [0.29, 0.717) is 5.56 Å². The number of rotatable bonds is 5. The highest BCUT2D eigenvalue weighted by Gasteiger charge is 2.01. The molecule has 1 rings (SSSR count). The van der Waals surface area contributed by atoms with Crippen LogP contribution in [-0.4, -0.2) is 10.9 Å². The zero-order valence-corrected chi connectivity index (χ0v) is 8.49. The Balaban J connectivity index is 2.59. The number of hydrogen-bond donors (Lipinski definition) is 1. The number of primary amides is 1. The second kappa shape index (κ2) is 5.37. The van der Waals surface area contributed by atoms with Crippen LogP contribution in [0.25, 0.3) is 0 Å². The fourth-order valence-electron chi connectivity index (χ4n) is 1.32. The number of unbranched alkanes of at least 4 members (excludes halogenated alkanes) is 2. The summed E-state index contributed by atoms with van der Waals surface area (Å²) in [6.07, 6.45) is 6.07. The van der Waals surface area contributed by atoms with Gasteiger partial charge < -0.3 is 5.73 Å². The van der Waals surface area contributed by atoms with Crippen molar-refractivity contribution in [3.63, 3.8) is 0 Å². The standard InChI is InChI=1S/C11H16N2O/c1-2-3-4-5-10-8-9(11(12)14)6-7-13-10/h6-8H,2-5H2,1H3,(H2,12,14). The van der Waals surface area contributed by atoms with Gasteiger partial charge in [-0.25, -0.2) is 0 Å². The summed E-state index contributed by atoms with van der Waals surface area (Å²) in [5.74, 6) is -0.385. The van der Waals surface area contributed by atoms with Gasteiger partial charge in [0.1, 0.15) is 0 Å². The van der Waals surface area contributed by atoms with Gasteiger partial charge in [-0.1, -0.05) is 19.8 Å². The van der Waals surface area contributed by atoms with Crippen LogP contribution in [0.5, 0.6) is 0 Å². The lowest BCUT2D eigenvalue weighted by molar-refractivity contribution is 0.1000. The molecule has 0 saturated carbocycles. The van der Waals surface area contributed by atoms with Crippen LogP contribution in [-0.2, 0) is 6.42 Å². The molecule has 0 aliphatic heterocycles. The molecule has 0 bridgehead atoms. The molecule has 1 aromatic rings. The van der Waals surface area contributed by atoms with Gasteiger partial charge in [0.2, 0.25) is 5.91 Å². The molecule has 14 heavy (non-hydrogen) atoms. The van der Waals surface area contributed by atoms with E-state index in [9.17, 15) is 4.79 Å². The highest BCUT2D eigenvalue weighted by molar-refractivity contribution is 5.92. The van der Waals surface area contributed by atoms with Crippen molar-refractivity contribution >= 4 is 5.91 Å². The van der Waals surface area contributed by atoms with Crippen LogP contribution < -0.4 is 5.73 Å². The number of pyridine rings is 1. The molecular formula is C11H16N2O. The SMILES string of the molecule is CCCCCc1cc(C(N)=O)ccn1. The predicted octanol–water partition coefficient (Wildman–Crippen LogP) is 1.91. The normalized spacial score (nSPS) is 10.1. The molecule has 1 aromatic heterocycles. The lowest BCUT2D eigenvalue weighted by atomic mass is 10.1. The first-order chi connectivity index (χ1) is 6.74. The summed E-state index contributed by atoms with van der Waals surface area (Å²) >= 11 is 0. The number of carbonyl (C=O) groups excluding carboxylic acids is 1. The Kier molecular flexibility index (Phi) is 4.11. The minimum atomic E-state index is -0.385. The summed E-state index contributed by atoms with van der Waals surface area (Å²) in [7, 11) is 0. The van der Waals surface area contributed by atoms with E-state index < -0.39 is 0 Å². The maximum Gasteiger partial charge on any atom is 0.248 e. The quantitative estimate of drug-likeness (QED) is 0.724. The predicted molar refractivity (Wildman–Crippen MR) is 56.0 cm³/mol. The molecular weight excluding hydrogens is 176 g/mol. The summed E-state index contributed by atoms with van der Waals surface area (Å²) in [6, 6.07) is 3.42. The van der Waals surface area contributed by atoms with Crippen LogP contribution in [0.2, 0.25) is 0 Å². The highest BCUT2D eigenvalue weighted by Crippen LogP contribution is 2.06.